The van der Waals surface area contributed by atoms with Gasteiger partial charge in [-0.3, -0.25) is 4.79 Å². The molecule has 1 unspecified atom stereocenters. The standard InChI is InChI=1S/C18H19N5O2/c1-2-15-8-9-17(25-15)16-7-4-10-22(16)18(24)13-5-3-6-14(11-13)23-12-19-20-21-23/h3,5-6,8-9,11-12,16H,2,4,7,10H2,1H3. The summed E-state index contributed by atoms with van der Waals surface area (Å²) in [6, 6.07) is 11.3. The Morgan fingerprint density at radius 1 is 1.32 bits per heavy atom. The first-order chi connectivity index (χ1) is 12.3. The maximum Gasteiger partial charge on any atom is 0.254 e. The molecule has 0 saturated carbocycles. The molecule has 1 aliphatic rings. The SMILES string of the molecule is CCc1ccc(C2CCCN2C(=O)c2cccc(-n3cnnn3)c2)o1. The molecular weight excluding hydrogens is 318 g/mol. The summed E-state index contributed by atoms with van der Waals surface area (Å²) in [5.74, 6) is 1.83. The summed E-state index contributed by atoms with van der Waals surface area (Å²) in [7, 11) is 0. The zero-order valence-corrected chi connectivity index (χ0v) is 14.0. The van der Waals surface area contributed by atoms with Gasteiger partial charge in [-0.25, -0.2) is 4.68 Å². The Morgan fingerprint density at radius 2 is 2.24 bits per heavy atom. The van der Waals surface area contributed by atoms with Crippen molar-refractivity contribution in [1.82, 2.24) is 25.1 Å². The average molecular weight is 337 g/mol. The van der Waals surface area contributed by atoms with Crippen LogP contribution in [0.5, 0.6) is 0 Å². The normalized spacial score (nSPS) is 17.2. The lowest BCUT2D eigenvalue weighted by Gasteiger charge is -2.23. The van der Waals surface area contributed by atoms with Crippen LogP contribution in [0.15, 0.2) is 47.1 Å². The zero-order valence-electron chi connectivity index (χ0n) is 14.0. The second-order valence-electron chi connectivity index (χ2n) is 6.12. The number of benzene rings is 1. The van der Waals surface area contributed by atoms with Crippen molar-refractivity contribution in [2.24, 2.45) is 0 Å². The van der Waals surface area contributed by atoms with Crippen molar-refractivity contribution in [1.29, 1.82) is 0 Å². The van der Waals surface area contributed by atoms with Crippen molar-refractivity contribution in [3.8, 4) is 5.69 Å². The molecule has 3 heterocycles. The highest BCUT2D eigenvalue weighted by Crippen LogP contribution is 2.34. The number of aromatic nitrogens is 4. The molecule has 0 N–H and O–H groups in total. The smallest absolute Gasteiger partial charge is 0.254 e. The second-order valence-corrected chi connectivity index (χ2v) is 6.12. The number of nitrogens with zero attached hydrogens (tertiary/aromatic N) is 5. The van der Waals surface area contributed by atoms with E-state index in [1.807, 2.05) is 41.3 Å². The molecule has 0 spiro atoms. The van der Waals surface area contributed by atoms with E-state index in [1.54, 1.807) is 0 Å². The average Bonchev–Trinajstić information content (AvgIpc) is 3.41. The summed E-state index contributed by atoms with van der Waals surface area (Å²) in [5.41, 5.74) is 1.39. The van der Waals surface area contributed by atoms with Crippen molar-refractivity contribution in [3.63, 3.8) is 0 Å². The Balaban J connectivity index is 1.60. The summed E-state index contributed by atoms with van der Waals surface area (Å²) in [4.78, 5) is 15.0. The van der Waals surface area contributed by atoms with Gasteiger partial charge in [0.15, 0.2) is 0 Å². The Hall–Kier alpha value is -2.96. The first-order valence-corrected chi connectivity index (χ1v) is 8.49. The van der Waals surface area contributed by atoms with Gasteiger partial charge in [0.2, 0.25) is 0 Å². The Morgan fingerprint density at radius 3 is 3.00 bits per heavy atom. The minimum Gasteiger partial charge on any atom is -0.464 e. The summed E-state index contributed by atoms with van der Waals surface area (Å²) < 4.78 is 7.43. The third-order valence-corrected chi connectivity index (χ3v) is 4.58. The van der Waals surface area contributed by atoms with E-state index in [2.05, 4.69) is 22.4 Å². The third kappa shape index (κ3) is 2.93. The molecule has 7 nitrogen and oxygen atoms in total. The molecule has 1 aliphatic heterocycles. The van der Waals surface area contributed by atoms with Crippen LogP contribution in [0.25, 0.3) is 5.69 Å². The number of carbonyl (C=O) groups excluding carboxylic acids is 1. The van der Waals surface area contributed by atoms with Crippen LogP contribution in [0, 0.1) is 0 Å². The van der Waals surface area contributed by atoms with Crippen molar-refractivity contribution in [3.05, 3.63) is 59.8 Å². The Bertz CT molecular complexity index is 871. The van der Waals surface area contributed by atoms with E-state index in [-0.39, 0.29) is 11.9 Å². The molecule has 25 heavy (non-hydrogen) atoms. The highest BCUT2D eigenvalue weighted by Gasteiger charge is 2.32. The van der Waals surface area contributed by atoms with E-state index in [9.17, 15) is 4.79 Å². The van der Waals surface area contributed by atoms with E-state index < -0.39 is 0 Å². The van der Waals surface area contributed by atoms with E-state index in [1.165, 1.54) is 11.0 Å². The number of amides is 1. The van der Waals surface area contributed by atoms with E-state index in [4.69, 9.17) is 4.42 Å². The molecule has 4 rings (SSSR count). The van der Waals surface area contributed by atoms with Gasteiger partial charge in [0.05, 0.1) is 11.7 Å². The molecule has 1 fully saturated rings. The number of hydrogen-bond acceptors (Lipinski definition) is 5. The fourth-order valence-electron chi connectivity index (χ4n) is 3.30. The Labute approximate surface area is 145 Å². The molecule has 1 amide bonds. The van der Waals surface area contributed by atoms with Crippen LogP contribution in [-0.4, -0.2) is 37.6 Å². The van der Waals surface area contributed by atoms with Gasteiger partial charge in [-0.2, -0.15) is 0 Å². The fraction of sp³-hybridized carbons (Fsp3) is 0.333. The molecule has 0 aliphatic carbocycles. The van der Waals surface area contributed by atoms with Crippen LogP contribution in [0.1, 0.15) is 47.7 Å². The zero-order chi connectivity index (χ0) is 17.2. The summed E-state index contributed by atoms with van der Waals surface area (Å²) in [6.07, 6.45) is 4.27. The number of hydrogen-bond donors (Lipinski definition) is 0. The van der Waals surface area contributed by atoms with Crippen LogP contribution in [0.4, 0.5) is 0 Å². The van der Waals surface area contributed by atoms with Gasteiger partial charge in [0.1, 0.15) is 17.8 Å². The summed E-state index contributed by atoms with van der Waals surface area (Å²) >= 11 is 0. The van der Waals surface area contributed by atoms with Crippen LogP contribution < -0.4 is 0 Å². The highest BCUT2D eigenvalue weighted by atomic mass is 16.3. The lowest BCUT2D eigenvalue weighted by atomic mass is 10.1. The van der Waals surface area contributed by atoms with Gasteiger partial charge in [0, 0.05) is 18.5 Å². The maximum atomic E-state index is 13.1. The first-order valence-electron chi connectivity index (χ1n) is 8.49. The molecule has 0 radical (unpaired) electrons. The lowest BCUT2D eigenvalue weighted by Crippen LogP contribution is -2.30. The van der Waals surface area contributed by atoms with Crippen molar-refractivity contribution in [2.75, 3.05) is 6.54 Å². The molecule has 1 atom stereocenters. The van der Waals surface area contributed by atoms with Gasteiger partial charge < -0.3 is 9.32 Å². The molecule has 128 valence electrons. The van der Waals surface area contributed by atoms with E-state index in [0.29, 0.717) is 5.56 Å². The molecular formula is C18H19N5O2. The largest absolute Gasteiger partial charge is 0.464 e. The van der Waals surface area contributed by atoms with E-state index >= 15 is 0 Å². The minimum atomic E-state index is 0.00416. The van der Waals surface area contributed by atoms with Gasteiger partial charge in [0.25, 0.3) is 5.91 Å². The minimum absolute atomic E-state index is 0.00416. The van der Waals surface area contributed by atoms with Crippen molar-refractivity contribution < 1.29 is 9.21 Å². The van der Waals surface area contributed by atoms with Gasteiger partial charge in [-0.1, -0.05) is 13.0 Å². The van der Waals surface area contributed by atoms with Gasteiger partial charge in [-0.15, -0.1) is 5.10 Å². The molecule has 0 bridgehead atoms. The number of furan rings is 1. The van der Waals surface area contributed by atoms with Crippen molar-refractivity contribution >= 4 is 5.91 Å². The molecule has 2 aromatic heterocycles. The number of likely N-dealkylation sites (tertiary alicyclic amines) is 1. The van der Waals surface area contributed by atoms with Gasteiger partial charge >= 0.3 is 0 Å². The van der Waals surface area contributed by atoms with Crippen LogP contribution in [0.3, 0.4) is 0 Å². The van der Waals surface area contributed by atoms with Crippen LogP contribution >= 0.6 is 0 Å². The number of aryl methyl sites for hydroxylation is 1. The molecule has 1 saturated heterocycles. The predicted molar refractivity (Wildman–Crippen MR) is 90.3 cm³/mol. The number of rotatable bonds is 4. The predicted octanol–water partition coefficient (Wildman–Crippen LogP) is 2.80. The number of tetrazole rings is 1. The van der Waals surface area contributed by atoms with Crippen LogP contribution in [-0.2, 0) is 6.42 Å². The monoisotopic (exact) mass is 337 g/mol. The first kappa shape index (κ1) is 15.6. The van der Waals surface area contributed by atoms with Crippen LogP contribution in [0.2, 0.25) is 0 Å². The fourth-order valence-corrected chi connectivity index (χ4v) is 3.30. The lowest BCUT2D eigenvalue weighted by molar-refractivity contribution is 0.0719. The highest BCUT2D eigenvalue weighted by molar-refractivity contribution is 5.95. The Kier molecular flexibility index (Phi) is 4.05. The summed E-state index contributed by atoms with van der Waals surface area (Å²) in [6.45, 7) is 2.80. The van der Waals surface area contributed by atoms with Crippen molar-refractivity contribution in [2.45, 2.75) is 32.2 Å². The maximum absolute atomic E-state index is 13.1. The molecule has 7 heteroatoms. The molecule has 3 aromatic rings. The van der Waals surface area contributed by atoms with Gasteiger partial charge in [-0.05, 0) is 53.6 Å². The topological polar surface area (TPSA) is 77.1 Å². The molecule has 1 aromatic carbocycles. The second kappa shape index (κ2) is 6.51. The third-order valence-electron chi connectivity index (χ3n) is 4.58. The summed E-state index contributed by atoms with van der Waals surface area (Å²) in [5, 5.41) is 11.1. The number of carbonyl (C=O) groups is 1. The van der Waals surface area contributed by atoms with E-state index in [0.717, 1.165) is 43.0 Å². The quantitative estimate of drug-likeness (QED) is 0.731.